The molecule has 3 amide bonds. The van der Waals surface area contributed by atoms with Crippen LogP contribution in [0, 0.1) is 18.8 Å². The zero-order valence-corrected chi connectivity index (χ0v) is 16.6. The molecule has 7 heteroatoms. The van der Waals surface area contributed by atoms with Crippen molar-refractivity contribution in [3.8, 4) is 17.5 Å². The van der Waals surface area contributed by atoms with Crippen molar-refractivity contribution in [3.05, 3.63) is 77.6 Å². The Hall–Kier alpha value is -4.05. The molecule has 150 valence electrons. The maximum absolute atomic E-state index is 12.5. The van der Waals surface area contributed by atoms with Crippen molar-refractivity contribution < 1.29 is 9.59 Å². The summed E-state index contributed by atoms with van der Waals surface area (Å²) in [6.45, 7) is 3.41. The van der Waals surface area contributed by atoms with Crippen LogP contribution in [0.1, 0.15) is 21.6 Å². The summed E-state index contributed by atoms with van der Waals surface area (Å²) in [6.07, 6.45) is 1.57. The van der Waals surface area contributed by atoms with E-state index in [1.54, 1.807) is 15.8 Å². The molecular weight excluding hydrogens is 378 g/mol. The van der Waals surface area contributed by atoms with E-state index >= 15 is 0 Å². The van der Waals surface area contributed by atoms with Crippen molar-refractivity contribution in [3.63, 3.8) is 0 Å². The molecule has 7 nitrogen and oxygen atoms in total. The summed E-state index contributed by atoms with van der Waals surface area (Å²) < 4.78 is 1.74. The van der Waals surface area contributed by atoms with Gasteiger partial charge in [-0.05, 0) is 43.3 Å². The van der Waals surface area contributed by atoms with Crippen LogP contribution in [0.15, 0.2) is 60.8 Å². The van der Waals surface area contributed by atoms with Gasteiger partial charge in [-0.25, -0.2) is 9.48 Å². The molecule has 0 aliphatic carbocycles. The molecule has 2 N–H and O–H groups in total. The van der Waals surface area contributed by atoms with Crippen LogP contribution < -0.4 is 15.5 Å². The molecule has 0 radical (unpaired) electrons. The van der Waals surface area contributed by atoms with Crippen molar-refractivity contribution in [2.45, 2.75) is 6.92 Å². The van der Waals surface area contributed by atoms with Gasteiger partial charge in [0.1, 0.15) is 0 Å². The van der Waals surface area contributed by atoms with E-state index in [1.807, 2.05) is 61.5 Å². The van der Waals surface area contributed by atoms with Crippen LogP contribution in [-0.2, 0) is 0 Å². The molecule has 1 aliphatic heterocycles. The summed E-state index contributed by atoms with van der Waals surface area (Å²) in [4.78, 5) is 25.9. The first-order chi connectivity index (χ1) is 14.6. The number of hydrogen-bond donors (Lipinski definition) is 2. The minimum Gasteiger partial charge on any atom is -0.341 e. The lowest BCUT2D eigenvalue weighted by Crippen LogP contribution is -2.27. The third-order valence-corrected chi connectivity index (χ3v) is 4.86. The second-order valence-corrected chi connectivity index (χ2v) is 6.81. The first-order valence-electron chi connectivity index (χ1n) is 9.66. The maximum atomic E-state index is 12.5. The molecule has 1 aliphatic rings. The van der Waals surface area contributed by atoms with Crippen LogP contribution in [-0.4, -0.2) is 41.4 Å². The summed E-state index contributed by atoms with van der Waals surface area (Å²) in [5.41, 5.74) is 3.86. The standard InChI is InChI=1S/C23H21N5O2/c1-17-21(16-26-28(17)20-7-3-2-4-8-20)22(29)24-13-5-6-18-9-11-19(12-10-18)27-15-14-25-23(27)30/h2-4,7-12,16H,13-15H2,1H3,(H,24,29)(H,25,30). The summed E-state index contributed by atoms with van der Waals surface area (Å²) in [5.74, 6) is 5.77. The summed E-state index contributed by atoms with van der Waals surface area (Å²) in [7, 11) is 0. The second-order valence-electron chi connectivity index (χ2n) is 6.81. The SMILES string of the molecule is Cc1c(C(=O)NCC#Cc2ccc(N3CCNC3=O)cc2)cnn1-c1ccccc1. The molecule has 0 spiro atoms. The summed E-state index contributed by atoms with van der Waals surface area (Å²) >= 11 is 0. The molecular formula is C23H21N5O2. The number of benzene rings is 2. The fourth-order valence-corrected chi connectivity index (χ4v) is 3.27. The van der Waals surface area contributed by atoms with Crippen LogP contribution in [0.25, 0.3) is 5.69 Å². The van der Waals surface area contributed by atoms with Gasteiger partial charge < -0.3 is 10.6 Å². The molecule has 3 aromatic rings. The zero-order chi connectivity index (χ0) is 20.9. The smallest absolute Gasteiger partial charge is 0.321 e. The van der Waals surface area contributed by atoms with Gasteiger partial charge in [0, 0.05) is 24.3 Å². The van der Waals surface area contributed by atoms with Crippen molar-refractivity contribution in [1.82, 2.24) is 20.4 Å². The van der Waals surface area contributed by atoms with E-state index in [1.165, 1.54) is 0 Å². The molecule has 1 fully saturated rings. The van der Waals surface area contributed by atoms with Crippen LogP contribution in [0.5, 0.6) is 0 Å². The van der Waals surface area contributed by atoms with Gasteiger partial charge in [0.25, 0.3) is 5.91 Å². The fraction of sp³-hybridized carbons (Fsp3) is 0.174. The number of amides is 3. The van der Waals surface area contributed by atoms with Gasteiger partial charge in [-0.15, -0.1) is 0 Å². The third-order valence-electron chi connectivity index (χ3n) is 4.86. The van der Waals surface area contributed by atoms with E-state index in [9.17, 15) is 9.59 Å². The Morgan fingerprint density at radius 1 is 1.13 bits per heavy atom. The Balaban J connectivity index is 1.35. The number of nitrogens with zero attached hydrogens (tertiary/aromatic N) is 3. The van der Waals surface area contributed by atoms with Crippen LogP contribution in [0.2, 0.25) is 0 Å². The van der Waals surface area contributed by atoms with E-state index < -0.39 is 0 Å². The van der Waals surface area contributed by atoms with Gasteiger partial charge >= 0.3 is 6.03 Å². The average molecular weight is 399 g/mol. The van der Waals surface area contributed by atoms with Crippen molar-refractivity contribution >= 4 is 17.6 Å². The maximum Gasteiger partial charge on any atom is 0.321 e. The van der Waals surface area contributed by atoms with E-state index in [-0.39, 0.29) is 18.5 Å². The largest absolute Gasteiger partial charge is 0.341 e. The number of para-hydroxylation sites is 1. The highest BCUT2D eigenvalue weighted by Crippen LogP contribution is 2.17. The Bertz CT molecular complexity index is 1120. The monoisotopic (exact) mass is 399 g/mol. The molecule has 1 saturated heterocycles. The topological polar surface area (TPSA) is 79.3 Å². The average Bonchev–Trinajstić information content (AvgIpc) is 3.37. The molecule has 0 atom stereocenters. The fourth-order valence-electron chi connectivity index (χ4n) is 3.27. The normalized spacial score (nSPS) is 12.8. The van der Waals surface area contributed by atoms with E-state index in [0.29, 0.717) is 18.7 Å². The predicted molar refractivity (Wildman–Crippen MR) is 115 cm³/mol. The molecule has 4 rings (SSSR count). The highest BCUT2D eigenvalue weighted by atomic mass is 16.2. The van der Waals surface area contributed by atoms with Gasteiger partial charge in [0.15, 0.2) is 0 Å². The molecule has 0 bridgehead atoms. The molecule has 0 saturated carbocycles. The molecule has 2 aromatic carbocycles. The number of anilines is 1. The Morgan fingerprint density at radius 2 is 1.90 bits per heavy atom. The number of carbonyl (C=O) groups is 2. The van der Waals surface area contributed by atoms with Gasteiger partial charge in [-0.1, -0.05) is 30.0 Å². The van der Waals surface area contributed by atoms with E-state index in [0.717, 1.165) is 22.6 Å². The summed E-state index contributed by atoms with van der Waals surface area (Å²) in [6, 6.07) is 17.1. The Labute approximate surface area is 174 Å². The number of carbonyl (C=O) groups excluding carboxylic acids is 2. The number of aromatic nitrogens is 2. The first kappa shape index (κ1) is 19.3. The number of hydrogen-bond acceptors (Lipinski definition) is 3. The Morgan fingerprint density at radius 3 is 2.60 bits per heavy atom. The summed E-state index contributed by atoms with van der Waals surface area (Å²) in [5, 5.41) is 9.90. The van der Waals surface area contributed by atoms with Crippen molar-refractivity contribution in [1.29, 1.82) is 0 Å². The van der Waals surface area contributed by atoms with Gasteiger partial charge in [-0.2, -0.15) is 5.10 Å². The van der Waals surface area contributed by atoms with Crippen LogP contribution in [0.4, 0.5) is 10.5 Å². The van der Waals surface area contributed by atoms with E-state index in [2.05, 4.69) is 27.6 Å². The number of urea groups is 1. The lowest BCUT2D eigenvalue weighted by molar-refractivity contribution is 0.0958. The lowest BCUT2D eigenvalue weighted by Gasteiger charge is -2.13. The van der Waals surface area contributed by atoms with Crippen LogP contribution >= 0.6 is 0 Å². The minimum atomic E-state index is -0.209. The van der Waals surface area contributed by atoms with Gasteiger partial charge in [0.05, 0.1) is 29.7 Å². The highest BCUT2D eigenvalue weighted by Gasteiger charge is 2.20. The number of nitrogens with one attached hydrogen (secondary N) is 2. The van der Waals surface area contributed by atoms with E-state index in [4.69, 9.17) is 0 Å². The molecule has 0 unspecified atom stereocenters. The molecule has 2 heterocycles. The molecule has 1 aromatic heterocycles. The second kappa shape index (κ2) is 8.53. The minimum absolute atomic E-state index is 0.0811. The Kier molecular flexibility index (Phi) is 5.48. The number of rotatable bonds is 4. The third kappa shape index (κ3) is 4.03. The first-order valence-corrected chi connectivity index (χ1v) is 9.66. The zero-order valence-electron chi connectivity index (χ0n) is 16.6. The lowest BCUT2D eigenvalue weighted by atomic mass is 10.2. The highest BCUT2D eigenvalue weighted by molar-refractivity contribution is 5.95. The molecule has 30 heavy (non-hydrogen) atoms. The van der Waals surface area contributed by atoms with Gasteiger partial charge in [-0.3, -0.25) is 9.69 Å². The van der Waals surface area contributed by atoms with Crippen molar-refractivity contribution in [2.24, 2.45) is 0 Å². The van der Waals surface area contributed by atoms with Crippen molar-refractivity contribution in [2.75, 3.05) is 24.5 Å². The van der Waals surface area contributed by atoms with Gasteiger partial charge in [0.2, 0.25) is 0 Å². The quantitative estimate of drug-likeness (QED) is 0.662. The van der Waals surface area contributed by atoms with Crippen LogP contribution in [0.3, 0.4) is 0 Å². The predicted octanol–water partition coefficient (Wildman–Crippen LogP) is 2.49.